The average Bonchev–Trinajstić information content (AvgIpc) is 2.87. The summed E-state index contributed by atoms with van der Waals surface area (Å²) in [4.78, 5) is 6.87. The van der Waals surface area contributed by atoms with Crippen LogP contribution in [0.15, 0.2) is 29.3 Å². The third-order valence-corrected chi connectivity index (χ3v) is 4.75. The predicted octanol–water partition coefficient (Wildman–Crippen LogP) is 2.78. The van der Waals surface area contributed by atoms with E-state index in [4.69, 9.17) is 11.6 Å². The average molecular weight is 337 g/mol. The predicted molar refractivity (Wildman–Crippen MR) is 99.3 cm³/mol. The molecule has 23 heavy (non-hydrogen) atoms. The second-order valence-electron chi connectivity index (χ2n) is 6.65. The van der Waals surface area contributed by atoms with E-state index in [9.17, 15) is 0 Å². The lowest BCUT2D eigenvalue weighted by Gasteiger charge is -2.22. The Kier molecular flexibility index (Phi) is 6.72. The molecule has 0 radical (unpaired) electrons. The molecule has 0 aliphatic carbocycles. The SMILES string of the molecule is CN=C(NCCc1cccc(Cl)c1)NC1CN(C(C)C)CC1C. The van der Waals surface area contributed by atoms with Gasteiger partial charge < -0.3 is 10.6 Å². The molecule has 2 unspecified atom stereocenters. The van der Waals surface area contributed by atoms with Crippen molar-refractivity contribution in [3.8, 4) is 0 Å². The molecule has 2 rings (SSSR count). The van der Waals surface area contributed by atoms with Crippen LogP contribution < -0.4 is 10.6 Å². The number of guanidine groups is 1. The molecule has 1 aromatic rings. The van der Waals surface area contributed by atoms with E-state index in [-0.39, 0.29) is 0 Å². The van der Waals surface area contributed by atoms with Crippen molar-refractivity contribution in [1.29, 1.82) is 0 Å². The molecule has 2 atom stereocenters. The van der Waals surface area contributed by atoms with Gasteiger partial charge in [0.15, 0.2) is 5.96 Å². The summed E-state index contributed by atoms with van der Waals surface area (Å²) in [5.41, 5.74) is 1.24. The third-order valence-electron chi connectivity index (χ3n) is 4.51. The lowest BCUT2D eigenvalue weighted by atomic mass is 10.1. The molecule has 1 saturated heterocycles. The summed E-state index contributed by atoms with van der Waals surface area (Å²) >= 11 is 6.02. The Balaban J connectivity index is 1.80. The number of hydrogen-bond donors (Lipinski definition) is 2. The maximum absolute atomic E-state index is 6.02. The minimum Gasteiger partial charge on any atom is -0.356 e. The fraction of sp³-hybridized carbons (Fsp3) is 0.611. The summed E-state index contributed by atoms with van der Waals surface area (Å²) in [6, 6.07) is 9.06. The van der Waals surface area contributed by atoms with E-state index in [1.54, 1.807) is 0 Å². The van der Waals surface area contributed by atoms with Crippen LogP contribution in [-0.4, -0.2) is 49.6 Å². The number of nitrogens with zero attached hydrogens (tertiary/aromatic N) is 2. The maximum atomic E-state index is 6.02. The van der Waals surface area contributed by atoms with Gasteiger partial charge in [-0.15, -0.1) is 0 Å². The minimum atomic E-state index is 0.453. The van der Waals surface area contributed by atoms with Crippen molar-refractivity contribution in [3.05, 3.63) is 34.9 Å². The third kappa shape index (κ3) is 5.40. The summed E-state index contributed by atoms with van der Waals surface area (Å²) in [6.07, 6.45) is 0.930. The standard InChI is InChI=1S/C18H29ClN4/c1-13(2)23-11-14(3)17(12-23)22-18(20-4)21-9-8-15-6-5-7-16(19)10-15/h5-7,10,13-14,17H,8-9,11-12H2,1-4H3,(H2,20,21,22). The summed E-state index contributed by atoms with van der Waals surface area (Å²) in [5, 5.41) is 7.77. The first-order valence-corrected chi connectivity index (χ1v) is 8.83. The van der Waals surface area contributed by atoms with E-state index < -0.39 is 0 Å². The Morgan fingerprint density at radius 3 is 2.78 bits per heavy atom. The van der Waals surface area contributed by atoms with E-state index in [2.05, 4.69) is 47.4 Å². The second-order valence-corrected chi connectivity index (χ2v) is 7.09. The highest BCUT2D eigenvalue weighted by Crippen LogP contribution is 2.18. The van der Waals surface area contributed by atoms with Gasteiger partial charge in [-0.3, -0.25) is 9.89 Å². The summed E-state index contributed by atoms with van der Waals surface area (Å²) < 4.78 is 0. The van der Waals surface area contributed by atoms with Crippen LogP contribution in [0.25, 0.3) is 0 Å². The number of hydrogen-bond acceptors (Lipinski definition) is 2. The number of nitrogens with one attached hydrogen (secondary N) is 2. The van der Waals surface area contributed by atoms with Gasteiger partial charge >= 0.3 is 0 Å². The Hall–Kier alpha value is -1.26. The number of likely N-dealkylation sites (tertiary alicyclic amines) is 1. The van der Waals surface area contributed by atoms with Gasteiger partial charge in [-0.25, -0.2) is 0 Å². The molecule has 128 valence electrons. The first kappa shape index (κ1) is 18.1. The molecule has 0 bridgehead atoms. The van der Waals surface area contributed by atoms with Crippen molar-refractivity contribution in [1.82, 2.24) is 15.5 Å². The summed E-state index contributed by atoms with van der Waals surface area (Å²) in [6.45, 7) is 9.89. The maximum Gasteiger partial charge on any atom is 0.191 e. The molecular formula is C18H29ClN4. The van der Waals surface area contributed by atoms with Crippen molar-refractivity contribution in [2.75, 3.05) is 26.7 Å². The molecule has 0 amide bonds. The highest BCUT2D eigenvalue weighted by atomic mass is 35.5. The Bertz CT molecular complexity index is 530. The number of halogens is 1. The van der Waals surface area contributed by atoms with Crippen molar-refractivity contribution < 1.29 is 0 Å². The van der Waals surface area contributed by atoms with Crippen LogP contribution in [-0.2, 0) is 6.42 Å². The van der Waals surface area contributed by atoms with Gasteiger partial charge in [0.25, 0.3) is 0 Å². The Labute approximate surface area is 145 Å². The van der Waals surface area contributed by atoms with Gasteiger partial charge in [0.1, 0.15) is 0 Å². The fourth-order valence-corrected chi connectivity index (χ4v) is 3.21. The smallest absolute Gasteiger partial charge is 0.191 e. The monoisotopic (exact) mass is 336 g/mol. The lowest BCUT2D eigenvalue weighted by molar-refractivity contribution is 0.265. The molecule has 0 aromatic heterocycles. The largest absolute Gasteiger partial charge is 0.356 e. The van der Waals surface area contributed by atoms with E-state index in [0.29, 0.717) is 18.0 Å². The molecule has 1 heterocycles. The minimum absolute atomic E-state index is 0.453. The number of aliphatic imine (C=N–C) groups is 1. The molecule has 0 spiro atoms. The van der Waals surface area contributed by atoms with Crippen LogP contribution in [0.5, 0.6) is 0 Å². The van der Waals surface area contributed by atoms with Gasteiger partial charge in [-0.2, -0.15) is 0 Å². The fourth-order valence-electron chi connectivity index (χ4n) is 3.00. The van der Waals surface area contributed by atoms with Crippen molar-refractivity contribution in [2.45, 2.75) is 39.3 Å². The summed E-state index contributed by atoms with van der Waals surface area (Å²) in [5.74, 6) is 1.51. The number of rotatable bonds is 5. The molecule has 1 aliphatic rings. The van der Waals surface area contributed by atoms with Gasteiger partial charge in [0.05, 0.1) is 0 Å². The summed E-state index contributed by atoms with van der Waals surface area (Å²) in [7, 11) is 1.83. The van der Waals surface area contributed by atoms with Gasteiger partial charge in [-0.1, -0.05) is 30.7 Å². The second kappa shape index (κ2) is 8.55. The van der Waals surface area contributed by atoms with Crippen molar-refractivity contribution in [3.63, 3.8) is 0 Å². The molecule has 4 nitrogen and oxygen atoms in total. The van der Waals surface area contributed by atoms with E-state index in [1.165, 1.54) is 5.56 Å². The molecule has 2 N–H and O–H groups in total. The Morgan fingerprint density at radius 1 is 1.39 bits per heavy atom. The molecule has 1 aliphatic heterocycles. The Morgan fingerprint density at radius 2 is 2.17 bits per heavy atom. The zero-order valence-electron chi connectivity index (χ0n) is 14.6. The van der Waals surface area contributed by atoms with Crippen LogP contribution in [0.4, 0.5) is 0 Å². The topological polar surface area (TPSA) is 39.7 Å². The highest BCUT2D eigenvalue weighted by molar-refractivity contribution is 6.30. The zero-order valence-corrected chi connectivity index (χ0v) is 15.4. The molecule has 0 saturated carbocycles. The highest BCUT2D eigenvalue weighted by Gasteiger charge is 2.31. The van der Waals surface area contributed by atoms with Crippen LogP contribution in [0.1, 0.15) is 26.3 Å². The van der Waals surface area contributed by atoms with Crippen molar-refractivity contribution >= 4 is 17.6 Å². The van der Waals surface area contributed by atoms with E-state index in [0.717, 1.165) is 37.0 Å². The van der Waals surface area contributed by atoms with Crippen LogP contribution in [0, 0.1) is 5.92 Å². The van der Waals surface area contributed by atoms with Crippen molar-refractivity contribution in [2.24, 2.45) is 10.9 Å². The molecular weight excluding hydrogens is 308 g/mol. The lowest BCUT2D eigenvalue weighted by Crippen LogP contribution is -2.47. The van der Waals surface area contributed by atoms with Crippen LogP contribution >= 0.6 is 11.6 Å². The van der Waals surface area contributed by atoms with Gasteiger partial charge in [-0.05, 0) is 43.9 Å². The van der Waals surface area contributed by atoms with E-state index in [1.807, 2.05) is 25.2 Å². The van der Waals surface area contributed by atoms with Gasteiger partial charge in [0.2, 0.25) is 0 Å². The molecule has 1 aromatic carbocycles. The molecule has 5 heteroatoms. The number of benzene rings is 1. The zero-order chi connectivity index (χ0) is 16.8. The quantitative estimate of drug-likeness (QED) is 0.641. The van der Waals surface area contributed by atoms with Crippen LogP contribution in [0.2, 0.25) is 5.02 Å². The van der Waals surface area contributed by atoms with Crippen LogP contribution in [0.3, 0.4) is 0 Å². The van der Waals surface area contributed by atoms with Gasteiger partial charge in [0, 0.05) is 43.8 Å². The van der Waals surface area contributed by atoms with E-state index >= 15 is 0 Å². The first-order valence-electron chi connectivity index (χ1n) is 8.45. The normalized spacial score (nSPS) is 22.6. The molecule has 1 fully saturated rings. The first-order chi connectivity index (χ1) is 11.0.